The van der Waals surface area contributed by atoms with E-state index in [1.165, 1.54) is 24.3 Å². The lowest BCUT2D eigenvalue weighted by molar-refractivity contribution is 0.592. The van der Waals surface area contributed by atoms with Crippen LogP contribution in [0, 0.1) is 13.8 Å². The van der Waals surface area contributed by atoms with E-state index in [1.807, 2.05) is 13.8 Å². The quantitative estimate of drug-likeness (QED) is 0.680. The fraction of sp³-hybridized carbons (Fsp3) is 0.100. The van der Waals surface area contributed by atoms with Crippen LogP contribution in [0.4, 0.5) is 0 Å². The Hall–Kier alpha value is -2.44. The van der Waals surface area contributed by atoms with Gasteiger partial charge in [-0.05, 0) is 62.4 Å². The fourth-order valence-corrected chi connectivity index (χ4v) is 5.03. The second-order valence-electron chi connectivity index (χ2n) is 6.10. The maximum Gasteiger partial charge on any atom is 0.206 e. The van der Waals surface area contributed by atoms with E-state index in [-0.39, 0.29) is 19.6 Å². The Kier molecular flexibility index (Phi) is 4.73. The molecule has 0 aliphatic carbocycles. The molecule has 0 aliphatic heterocycles. The van der Waals surface area contributed by atoms with Gasteiger partial charge in [-0.3, -0.25) is 0 Å². The van der Waals surface area contributed by atoms with Crippen LogP contribution >= 0.6 is 0 Å². The highest BCUT2D eigenvalue weighted by atomic mass is 32.2. The molecule has 0 heterocycles. The summed E-state index contributed by atoms with van der Waals surface area (Å²) in [5, 5.41) is 0. The van der Waals surface area contributed by atoms with Crippen molar-refractivity contribution < 1.29 is 16.8 Å². The minimum absolute atomic E-state index is 0.0595. The van der Waals surface area contributed by atoms with E-state index in [0.717, 1.165) is 11.1 Å². The van der Waals surface area contributed by atoms with Gasteiger partial charge in [-0.1, -0.05) is 35.4 Å². The fourth-order valence-electron chi connectivity index (χ4n) is 2.50. The SMILES string of the molecule is Cc1ccc(S(=O)(=O)c2ccc(S(=O)(=O)c3ccc(C)cc3)cc2)cc1. The molecule has 0 spiro atoms. The van der Waals surface area contributed by atoms with Gasteiger partial charge in [0.05, 0.1) is 19.6 Å². The number of hydrogen-bond acceptors (Lipinski definition) is 4. The molecule has 0 aliphatic rings. The third-order valence-electron chi connectivity index (χ3n) is 4.11. The molecule has 26 heavy (non-hydrogen) atoms. The van der Waals surface area contributed by atoms with Crippen LogP contribution in [0.15, 0.2) is 92.4 Å². The maximum atomic E-state index is 12.7. The van der Waals surface area contributed by atoms with Crippen molar-refractivity contribution in [3.8, 4) is 0 Å². The minimum atomic E-state index is -3.68. The van der Waals surface area contributed by atoms with Gasteiger partial charge in [0.2, 0.25) is 19.7 Å². The Morgan fingerprint density at radius 3 is 0.846 bits per heavy atom. The molecule has 0 saturated heterocycles. The largest absolute Gasteiger partial charge is 0.219 e. The zero-order valence-electron chi connectivity index (χ0n) is 14.4. The van der Waals surface area contributed by atoms with Gasteiger partial charge in [-0.15, -0.1) is 0 Å². The lowest BCUT2D eigenvalue weighted by Gasteiger charge is -2.08. The summed E-state index contributed by atoms with van der Waals surface area (Å²) < 4.78 is 50.7. The molecule has 0 radical (unpaired) electrons. The molecular weight excluding hydrogens is 368 g/mol. The predicted octanol–water partition coefficient (Wildman–Crippen LogP) is 3.97. The molecule has 0 amide bonds. The number of rotatable bonds is 4. The Morgan fingerprint density at radius 1 is 0.423 bits per heavy atom. The van der Waals surface area contributed by atoms with E-state index in [1.54, 1.807) is 48.5 Å². The molecule has 6 heteroatoms. The third-order valence-corrected chi connectivity index (χ3v) is 7.68. The van der Waals surface area contributed by atoms with E-state index >= 15 is 0 Å². The van der Waals surface area contributed by atoms with Gasteiger partial charge in [0.1, 0.15) is 0 Å². The molecule has 3 aromatic carbocycles. The number of sulfone groups is 2. The molecule has 0 bridgehead atoms. The Balaban J connectivity index is 1.98. The van der Waals surface area contributed by atoms with Crippen LogP contribution in [0.3, 0.4) is 0 Å². The normalized spacial score (nSPS) is 12.1. The van der Waals surface area contributed by atoms with E-state index in [2.05, 4.69) is 0 Å². The molecule has 134 valence electrons. The molecule has 0 fully saturated rings. The van der Waals surface area contributed by atoms with Gasteiger partial charge in [-0.2, -0.15) is 0 Å². The van der Waals surface area contributed by atoms with Gasteiger partial charge in [-0.25, -0.2) is 16.8 Å². The molecule has 3 aromatic rings. The molecular formula is C20H18O4S2. The van der Waals surface area contributed by atoms with E-state index in [9.17, 15) is 16.8 Å². The predicted molar refractivity (Wildman–Crippen MR) is 99.7 cm³/mol. The second kappa shape index (κ2) is 6.70. The first-order chi connectivity index (χ1) is 12.2. The van der Waals surface area contributed by atoms with Crippen LogP contribution in [-0.4, -0.2) is 16.8 Å². The Morgan fingerprint density at radius 2 is 0.615 bits per heavy atom. The smallest absolute Gasteiger partial charge is 0.206 e. The van der Waals surface area contributed by atoms with Crippen LogP contribution in [0.2, 0.25) is 0 Å². The summed E-state index contributed by atoms with van der Waals surface area (Å²) in [6.07, 6.45) is 0. The summed E-state index contributed by atoms with van der Waals surface area (Å²) in [7, 11) is -7.37. The monoisotopic (exact) mass is 386 g/mol. The summed E-state index contributed by atoms with van der Waals surface area (Å²) in [5.41, 5.74) is 1.92. The van der Waals surface area contributed by atoms with Crippen molar-refractivity contribution in [1.29, 1.82) is 0 Å². The highest BCUT2D eigenvalue weighted by Gasteiger charge is 2.21. The van der Waals surface area contributed by atoms with E-state index in [4.69, 9.17) is 0 Å². The first kappa shape index (κ1) is 18.4. The average molecular weight is 386 g/mol. The summed E-state index contributed by atoms with van der Waals surface area (Å²) in [5.74, 6) is 0. The number of aryl methyl sites for hydroxylation is 2. The Labute approximate surface area is 154 Å². The first-order valence-corrected chi connectivity index (χ1v) is 10.9. The second-order valence-corrected chi connectivity index (χ2v) is 10.0. The third kappa shape index (κ3) is 3.43. The lowest BCUT2D eigenvalue weighted by atomic mass is 10.2. The topological polar surface area (TPSA) is 68.3 Å². The van der Waals surface area contributed by atoms with Crippen LogP contribution in [0.5, 0.6) is 0 Å². The molecule has 0 aromatic heterocycles. The number of benzene rings is 3. The first-order valence-electron chi connectivity index (χ1n) is 7.95. The van der Waals surface area contributed by atoms with Crippen molar-refractivity contribution in [3.05, 3.63) is 83.9 Å². The summed E-state index contributed by atoms with van der Waals surface area (Å²) >= 11 is 0. The van der Waals surface area contributed by atoms with Gasteiger partial charge >= 0.3 is 0 Å². The number of hydrogen-bond donors (Lipinski definition) is 0. The highest BCUT2D eigenvalue weighted by Crippen LogP contribution is 2.25. The summed E-state index contributed by atoms with van der Waals surface area (Å²) in [6.45, 7) is 3.75. The molecule has 0 N–H and O–H groups in total. The zero-order valence-corrected chi connectivity index (χ0v) is 16.0. The zero-order chi connectivity index (χ0) is 18.9. The minimum Gasteiger partial charge on any atom is -0.219 e. The molecule has 0 atom stereocenters. The van der Waals surface area contributed by atoms with Gasteiger partial charge in [0, 0.05) is 0 Å². The van der Waals surface area contributed by atoms with Crippen molar-refractivity contribution in [2.45, 2.75) is 33.4 Å². The Bertz CT molecular complexity index is 1030. The van der Waals surface area contributed by atoms with Crippen molar-refractivity contribution in [2.24, 2.45) is 0 Å². The maximum absolute atomic E-state index is 12.7. The van der Waals surface area contributed by atoms with Crippen LogP contribution < -0.4 is 0 Å². The molecule has 0 saturated carbocycles. The van der Waals surface area contributed by atoms with Crippen molar-refractivity contribution in [3.63, 3.8) is 0 Å². The van der Waals surface area contributed by atoms with Crippen molar-refractivity contribution >= 4 is 19.7 Å². The summed E-state index contributed by atoms with van der Waals surface area (Å²) in [4.78, 5) is 0.475. The van der Waals surface area contributed by atoms with Gasteiger partial charge < -0.3 is 0 Å². The van der Waals surface area contributed by atoms with Crippen LogP contribution in [0.1, 0.15) is 11.1 Å². The molecule has 0 unspecified atom stereocenters. The van der Waals surface area contributed by atoms with Crippen molar-refractivity contribution in [2.75, 3.05) is 0 Å². The summed E-state index contributed by atoms with van der Waals surface area (Å²) in [6, 6.07) is 18.4. The molecule has 3 rings (SSSR count). The van der Waals surface area contributed by atoms with Crippen LogP contribution in [0.25, 0.3) is 0 Å². The average Bonchev–Trinajstić information content (AvgIpc) is 2.62. The standard InChI is InChI=1S/C20H18O4S2/c1-15-3-7-17(8-4-15)25(21,22)19-11-13-20(14-12-19)26(23,24)18-9-5-16(2)6-10-18/h3-14H,1-2H3. The van der Waals surface area contributed by atoms with Gasteiger partial charge in [0.15, 0.2) is 0 Å². The highest BCUT2D eigenvalue weighted by molar-refractivity contribution is 7.92. The van der Waals surface area contributed by atoms with Gasteiger partial charge in [0.25, 0.3) is 0 Å². The van der Waals surface area contributed by atoms with E-state index < -0.39 is 19.7 Å². The lowest BCUT2D eigenvalue weighted by Crippen LogP contribution is -2.05. The molecule has 4 nitrogen and oxygen atoms in total. The van der Waals surface area contributed by atoms with Crippen molar-refractivity contribution in [1.82, 2.24) is 0 Å². The van der Waals surface area contributed by atoms with E-state index in [0.29, 0.717) is 0 Å². The van der Waals surface area contributed by atoms with Crippen LogP contribution in [-0.2, 0) is 19.7 Å².